The number of sulfonamides is 1. The first kappa shape index (κ1) is 21.6. The Hall–Kier alpha value is -2.12. The molecule has 0 aromatic heterocycles. The zero-order valence-corrected chi connectivity index (χ0v) is 18.0. The average Bonchev–Trinajstić information content (AvgIpc) is 2.67. The fourth-order valence-electron chi connectivity index (χ4n) is 3.56. The molecule has 0 radical (unpaired) electrons. The number of hydrogen-bond acceptors (Lipinski definition) is 3. The Balaban J connectivity index is 1.74. The van der Waals surface area contributed by atoms with Crippen molar-refractivity contribution in [2.75, 3.05) is 17.1 Å². The minimum atomic E-state index is -3.76. The highest BCUT2D eigenvalue weighted by Crippen LogP contribution is 2.26. The zero-order chi connectivity index (χ0) is 21.2. The number of rotatable bonds is 6. The van der Waals surface area contributed by atoms with Gasteiger partial charge in [0.25, 0.3) is 0 Å². The van der Waals surface area contributed by atoms with Gasteiger partial charge >= 0.3 is 0 Å². The van der Waals surface area contributed by atoms with Gasteiger partial charge in [0.2, 0.25) is 15.9 Å². The van der Waals surface area contributed by atoms with Crippen molar-refractivity contribution in [1.29, 1.82) is 0 Å². The van der Waals surface area contributed by atoms with Crippen LogP contribution in [-0.2, 0) is 27.7 Å². The monoisotopic (exact) mass is 438 g/mol. The molecule has 0 fully saturated rings. The van der Waals surface area contributed by atoms with Crippen LogP contribution in [0.2, 0.25) is 5.02 Å². The number of nitrogens with one attached hydrogen (secondary N) is 1. The van der Waals surface area contributed by atoms with Gasteiger partial charge in [-0.1, -0.05) is 29.8 Å². The molecule has 1 aliphatic carbocycles. The summed E-state index contributed by atoms with van der Waals surface area (Å²) in [5, 5.41) is 2.64. The minimum Gasteiger partial charge on any atom is -0.348 e. The standard InChI is InChI=1S/C21H24ClFN2O3S/c1-14(16-8-7-15-5-3-4-6-17(15)11-16)24-21(26)13-25(29(2,27)28)18-9-10-20(23)19(22)12-18/h7-12,14H,3-6,13H2,1-2H3,(H,24,26)/t14-/m0/s1. The summed E-state index contributed by atoms with van der Waals surface area (Å²) >= 11 is 5.77. The van der Waals surface area contributed by atoms with E-state index in [1.54, 1.807) is 0 Å². The van der Waals surface area contributed by atoms with Crippen LogP contribution in [0.1, 0.15) is 42.5 Å². The summed E-state index contributed by atoms with van der Waals surface area (Å²) in [4.78, 5) is 12.6. The summed E-state index contributed by atoms with van der Waals surface area (Å²) in [5.74, 6) is -1.12. The molecule has 1 N–H and O–H groups in total. The summed E-state index contributed by atoms with van der Waals surface area (Å²) in [7, 11) is -3.76. The summed E-state index contributed by atoms with van der Waals surface area (Å²) in [6.07, 6.45) is 5.48. The van der Waals surface area contributed by atoms with E-state index in [2.05, 4.69) is 17.4 Å². The average molecular weight is 439 g/mol. The molecule has 156 valence electrons. The van der Waals surface area contributed by atoms with Gasteiger partial charge in [-0.25, -0.2) is 12.8 Å². The first-order chi connectivity index (χ1) is 13.6. The molecule has 0 bridgehead atoms. The molecule has 8 heteroatoms. The molecule has 3 rings (SSSR count). The second-order valence-corrected chi connectivity index (χ2v) is 9.71. The Morgan fingerprint density at radius 2 is 1.86 bits per heavy atom. The molecule has 0 spiro atoms. The topological polar surface area (TPSA) is 66.5 Å². The molecule has 1 aliphatic rings. The first-order valence-corrected chi connectivity index (χ1v) is 11.7. The van der Waals surface area contributed by atoms with Gasteiger partial charge in [-0.3, -0.25) is 9.10 Å². The molecule has 29 heavy (non-hydrogen) atoms. The molecule has 0 heterocycles. The highest BCUT2D eigenvalue weighted by molar-refractivity contribution is 7.92. The number of halogens is 2. The van der Waals surface area contributed by atoms with Crippen LogP contribution in [0.25, 0.3) is 0 Å². The predicted molar refractivity (Wildman–Crippen MR) is 113 cm³/mol. The normalized spacial score (nSPS) is 14.8. The van der Waals surface area contributed by atoms with Crippen LogP contribution in [0.4, 0.5) is 10.1 Å². The smallest absolute Gasteiger partial charge is 0.241 e. The number of aryl methyl sites for hydroxylation is 2. The molecule has 0 saturated heterocycles. The van der Waals surface area contributed by atoms with Gasteiger partial charge < -0.3 is 5.32 Å². The second-order valence-electron chi connectivity index (χ2n) is 7.39. The van der Waals surface area contributed by atoms with E-state index in [9.17, 15) is 17.6 Å². The third-order valence-electron chi connectivity index (χ3n) is 5.13. The fraction of sp³-hybridized carbons (Fsp3) is 0.381. The number of carbonyl (C=O) groups is 1. The van der Waals surface area contributed by atoms with E-state index >= 15 is 0 Å². The number of anilines is 1. The van der Waals surface area contributed by atoms with E-state index in [-0.39, 0.29) is 16.8 Å². The third kappa shape index (κ3) is 5.28. The highest BCUT2D eigenvalue weighted by atomic mass is 35.5. The molecule has 0 saturated carbocycles. The number of carbonyl (C=O) groups excluding carboxylic acids is 1. The highest BCUT2D eigenvalue weighted by Gasteiger charge is 2.23. The van der Waals surface area contributed by atoms with Crippen LogP contribution in [0.5, 0.6) is 0 Å². The van der Waals surface area contributed by atoms with Gasteiger partial charge in [-0.2, -0.15) is 0 Å². The van der Waals surface area contributed by atoms with E-state index in [0.717, 1.165) is 35.0 Å². The maximum atomic E-state index is 13.4. The van der Waals surface area contributed by atoms with Gasteiger partial charge in [0.1, 0.15) is 12.4 Å². The van der Waals surface area contributed by atoms with Crippen molar-refractivity contribution >= 4 is 33.2 Å². The van der Waals surface area contributed by atoms with E-state index in [4.69, 9.17) is 11.6 Å². The van der Waals surface area contributed by atoms with Gasteiger partial charge in [-0.15, -0.1) is 0 Å². The van der Waals surface area contributed by atoms with E-state index < -0.39 is 28.3 Å². The SMILES string of the molecule is C[C@H](NC(=O)CN(c1ccc(F)c(Cl)c1)S(C)(=O)=O)c1ccc2c(c1)CCCC2. The van der Waals surface area contributed by atoms with Crippen LogP contribution >= 0.6 is 11.6 Å². The molecule has 0 aliphatic heterocycles. The Kier molecular flexibility index (Phi) is 6.49. The van der Waals surface area contributed by atoms with Crippen LogP contribution in [0.15, 0.2) is 36.4 Å². The summed E-state index contributed by atoms with van der Waals surface area (Å²) in [5.41, 5.74) is 3.79. The van der Waals surface area contributed by atoms with Crippen molar-refractivity contribution in [1.82, 2.24) is 5.32 Å². The summed E-state index contributed by atoms with van der Waals surface area (Å²) in [6.45, 7) is 1.44. The Labute approximate surface area is 175 Å². The molecular formula is C21H24ClFN2O3S. The lowest BCUT2D eigenvalue weighted by molar-refractivity contribution is -0.120. The van der Waals surface area contributed by atoms with Gasteiger partial charge in [0, 0.05) is 0 Å². The number of amides is 1. The van der Waals surface area contributed by atoms with Crippen molar-refractivity contribution < 1.29 is 17.6 Å². The van der Waals surface area contributed by atoms with Crippen molar-refractivity contribution in [2.45, 2.75) is 38.6 Å². The lowest BCUT2D eigenvalue weighted by Gasteiger charge is -2.24. The number of benzene rings is 2. The third-order valence-corrected chi connectivity index (χ3v) is 6.56. The quantitative estimate of drug-likeness (QED) is 0.741. The second kappa shape index (κ2) is 8.71. The number of hydrogen-bond donors (Lipinski definition) is 1. The van der Waals surface area contributed by atoms with Crippen LogP contribution in [0.3, 0.4) is 0 Å². The number of nitrogens with zero attached hydrogens (tertiary/aromatic N) is 1. The van der Waals surface area contributed by atoms with Crippen LogP contribution < -0.4 is 9.62 Å². The molecule has 5 nitrogen and oxygen atoms in total. The number of fused-ring (bicyclic) bond motifs is 1. The van der Waals surface area contributed by atoms with E-state index in [1.807, 2.05) is 13.0 Å². The summed E-state index contributed by atoms with van der Waals surface area (Å²) < 4.78 is 38.7. The van der Waals surface area contributed by atoms with Crippen molar-refractivity contribution in [2.24, 2.45) is 0 Å². The van der Waals surface area contributed by atoms with Crippen molar-refractivity contribution in [3.05, 3.63) is 63.9 Å². The first-order valence-electron chi connectivity index (χ1n) is 9.49. The minimum absolute atomic E-state index is 0.135. The predicted octanol–water partition coefficient (Wildman–Crippen LogP) is 4.00. The molecule has 2 aromatic carbocycles. The lowest BCUT2D eigenvalue weighted by Crippen LogP contribution is -2.41. The van der Waals surface area contributed by atoms with Crippen molar-refractivity contribution in [3.8, 4) is 0 Å². The van der Waals surface area contributed by atoms with Crippen LogP contribution in [-0.4, -0.2) is 27.1 Å². The van der Waals surface area contributed by atoms with Gasteiger partial charge in [0.15, 0.2) is 0 Å². The zero-order valence-electron chi connectivity index (χ0n) is 16.4. The van der Waals surface area contributed by atoms with Gasteiger partial charge in [0.05, 0.1) is 23.0 Å². The largest absolute Gasteiger partial charge is 0.348 e. The van der Waals surface area contributed by atoms with Crippen LogP contribution in [0, 0.1) is 5.82 Å². The molecule has 1 amide bonds. The lowest BCUT2D eigenvalue weighted by atomic mass is 9.89. The Morgan fingerprint density at radius 1 is 1.17 bits per heavy atom. The molecule has 0 unspecified atom stereocenters. The molecule has 1 atom stereocenters. The fourth-order valence-corrected chi connectivity index (χ4v) is 4.59. The van der Waals surface area contributed by atoms with Crippen molar-refractivity contribution in [3.63, 3.8) is 0 Å². The maximum Gasteiger partial charge on any atom is 0.241 e. The molecular weight excluding hydrogens is 415 g/mol. The van der Waals surface area contributed by atoms with Gasteiger partial charge in [-0.05, 0) is 67.5 Å². The Morgan fingerprint density at radius 3 is 2.52 bits per heavy atom. The van der Waals surface area contributed by atoms with E-state index in [1.165, 1.54) is 36.1 Å². The molecule has 2 aromatic rings. The Bertz CT molecular complexity index is 1030. The van der Waals surface area contributed by atoms with E-state index in [0.29, 0.717) is 0 Å². The maximum absolute atomic E-state index is 13.4. The summed E-state index contributed by atoms with van der Waals surface area (Å²) in [6, 6.07) is 9.50.